The monoisotopic (exact) mass is 519 g/mol. The average molecular weight is 520 g/mol. The molecule has 0 aliphatic carbocycles. The lowest BCUT2D eigenvalue weighted by Crippen LogP contribution is -2.36. The summed E-state index contributed by atoms with van der Waals surface area (Å²) in [7, 11) is 0. The van der Waals surface area contributed by atoms with Crippen molar-refractivity contribution in [1.29, 1.82) is 5.26 Å². The van der Waals surface area contributed by atoms with Crippen molar-refractivity contribution in [2.24, 2.45) is 0 Å². The molecule has 0 radical (unpaired) electrons. The van der Waals surface area contributed by atoms with Crippen LogP contribution in [0.4, 0.5) is 5.82 Å². The van der Waals surface area contributed by atoms with E-state index in [0.29, 0.717) is 41.1 Å². The van der Waals surface area contributed by atoms with Gasteiger partial charge in [-0.05, 0) is 55.8 Å². The summed E-state index contributed by atoms with van der Waals surface area (Å²) in [5.74, 6) is 0.871. The van der Waals surface area contributed by atoms with Crippen LogP contribution in [0.2, 0.25) is 0 Å². The maximum absolute atomic E-state index is 13.2. The van der Waals surface area contributed by atoms with E-state index < -0.39 is 16.7 Å². The molecule has 5 aromatic rings. The SMILES string of the molecule is CC(C)(C#N)c1cccc(-n2c(=O)[nH]c(=O)c3cnc4ccc(-c5ccc(N6CCOCC6)nc5)nc4c32)c1. The number of aromatic nitrogens is 5. The number of H-pyrrole nitrogens is 1. The van der Waals surface area contributed by atoms with Crippen molar-refractivity contribution in [3.8, 4) is 23.0 Å². The normalized spacial score (nSPS) is 14.0. The van der Waals surface area contributed by atoms with Gasteiger partial charge in [0.15, 0.2) is 0 Å². The van der Waals surface area contributed by atoms with Crippen LogP contribution in [0.25, 0.3) is 38.9 Å². The molecule has 1 aliphatic rings. The minimum absolute atomic E-state index is 0.234. The molecule has 1 fully saturated rings. The number of nitrogens with one attached hydrogen (secondary N) is 1. The van der Waals surface area contributed by atoms with Crippen LogP contribution in [-0.4, -0.2) is 50.8 Å². The van der Waals surface area contributed by atoms with E-state index >= 15 is 0 Å². The zero-order chi connectivity index (χ0) is 27.1. The summed E-state index contributed by atoms with van der Waals surface area (Å²) in [4.78, 5) is 44.6. The van der Waals surface area contributed by atoms with Gasteiger partial charge in [0.2, 0.25) is 0 Å². The smallest absolute Gasteiger partial charge is 0.333 e. The molecule has 4 aromatic heterocycles. The number of morpholine rings is 1. The number of aromatic amines is 1. The number of hydrogen-bond acceptors (Lipinski definition) is 8. The van der Waals surface area contributed by atoms with Crippen molar-refractivity contribution in [2.45, 2.75) is 19.3 Å². The van der Waals surface area contributed by atoms with Gasteiger partial charge in [0.25, 0.3) is 5.56 Å². The van der Waals surface area contributed by atoms with E-state index in [1.54, 1.807) is 24.4 Å². The van der Waals surface area contributed by atoms with Crippen molar-refractivity contribution in [3.05, 3.63) is 87.3 Å². The molecule has 0 atom stereocenters. The van der Waals surface area contributed by atoms with Crippen LogP contribution in [0.1, 0.15) is 19.4 Å². The molecule has 6 rings (SSSR count). The van der Waals surface area contributed by atoms with Gasteiger partial charge in [0, 0.05) is 31.0 Å². The number of anilines is 1. The van der Waals surface area contributed by atoms with E-state index in [4.69, 9.17) is 9.72 Å². The summed E-state index contributed by atoms with van der Waals surface area (Å²) in [5, 5.41) is 9.88. The Hall–Kier alpha value is -4.88. The van der Waals surface area contributed by atoms with Gasteiger partial charge < -0.3 is 9.64 Å². The molecule has 1 aliphatic heterocycles. The fourth-order valence-electron chi connectivity index (χ4n) is 4.79. The molecule has 1 saturated heterocycles. The van der Waals surface area contributed by atoms with Gasteiger partial charge in [0.1, 0.15) is 11.3 Å². The third kappa shape index (κ3) is 4.32. The third-order valence-electron chi connectivity index (χ3n) is 7.06. The van der Waals surface area contributed by atoms with E-state index in [9.17, 15) is 14.9 Å². The van der Waals surface area contributed by atoms with Crippen molar-refractivity contribution in [1.82, 2.24) is 24.5 Å². The number of nitrogens with zero attached hydrogens (tertiary/aromatic N) is 6. The molecular weight excluding hydrogens is 494 g/mol. The highest BCUT2D eigenvalue weighted by molar-refractivity contribution is 6.01. The molecule has 194 valence electrons. The number of benzene rings is 1. The van der Waals surface area contributed by atoms with Gasteiger partial charge in [0.05, 0.1) is 52.5 Å². The number of nitriles is 1. The number of hydrogen-bond donors (Lipinski definition) is 1. The Morgan fingerprint density at radius 2 is 1.85 bits per heavy atom. The summed E-state index contributed by atoms with van der Waals surface area (Å²) < 4.78 is 6.85. The Morgan fingerprint density at radius 1 is 1.03 bits per heavy atom. The molecule has 10 heteroatoms. The molecule has 10 nitrogen and oxygen atoms in total. The van der Waals surface area contributed by atoms with Gasteiger partial charge in [-0.1, -0.05) is 12.1 Å². The first-order valence-electron chi connectivity index (χ1n) is 12.6. The summed E-state index contributed by atoms with van der Waals surface area (Å²) in [6.07, 6.45) is 3.22. The van der Waals surface area contributed by atoms with Crippen molar-refractivity contribution in [2.75, 3.05) is 31.2 Å². The number of ether oxygens (including phenoxy) is 1. The Labute approximate surface area is 223 Å². The van der Waals surface area contributed by atoms with Gasteiger partial charge in [-0.15, -0.1) is 0 Å². The van der Waals surface area contributed by atoms with E-state index in [0.717, 1.165) is 30.0 Å². The van der Waals surface area contributed by atoms with Gasteiger partial charge in [-0.25, -0.2) is 14.8 Å². The van der Waals surface area contributed by atoms with Gasteiger partial charge in [-0.3, -0.25) is 19.3 Å². The Bertz CT molecular complexity index is 1880. The minimum atomic E-state index is -0.771. The Balaban J connectivity index is 1.54. The van der Waals surface area contributed by atoms with Crippen LogP contribution in [-0.2, 0) is 10.2 Å². The topological polar surface area (TPSA) is 130 Å². The molecule has 39 heavy (non-hydrogen) atoms. The predicted molar refractivity (Wildman–Crippen MR) is 148 cm³/mol. The van der Waals surface area contributed by atoms with Crippen molar-refractivity contribution >= 4 is 27.8 Å². The summed E-state index contributed by atoms with van der Waals surface area (Å²) >= 11 is 0. The summed E-state index contributed by atoms with van der Waals surface area (Å²) in [6, 6.07) is 17.0. The second-order valence-corrected chi connectivity index (χ2v) is 9.97. The third-order valence-corrected chi connectivity index (χ3v) is 7.06. The lowest BCUT2D eigenvalue weighted by Gasteiger charge is -2.27. The second kappa shape index (κ2) is 9.45. The molecule has 0 spiro atoms. The lowest BCUT2D eigenvalue weighted by atomic mass is 9.86. The summed E-state index contributed by atoms with van der Waals surface area (Å²) in [5.41, 5.74) is 2.07. The molecule has 0 amide bonds. The fraction of sp³-hybridized carbons (Fsp3) is 0.241. The highest BCUT2D eigenvalue weighted by Crippen LogP contribution is 2.28. The molecule has 1 N–H and O–H groups in total. The first-order valence-corrected chi connectivity index (χ1v) is 12.6. The van der Waals surface area contributed by atoms with Crippen molar-refractivity contribution < 1.29 is 4.74 Å². The molecule has 1 aromatic carbocycles. The van der Waals surface area contributed by atoms with Gasteiger partial charge in [-0.2, -0.15) is 5.26 Å². The zero-order valence-electron chi connectivity index (χ0n) is 21.5. The molecule has 0 saturated carbocycles. The van der Waals surface area contributed by atoms with Crippen LogP contribution in [0, 0.1) is 11.3 Å². The van der Waals surface area contributed by atoms with E-state index in [-0.39, 0.29) is 5.39 Å². The highest BCUT2D eigenvalue weighted by Gasteiger charge is 2.22. The molecular formula is C29H25N7O3. The van der Waals surface area contributed by atoms with E-state index in [1.165, 1.54) is 10.8 Å². The Kier molecular flexibility index (Phi) is 5.93. The van der Waals surface area contributed by atoms with Crippen LogP contribution in [0.3, 0.4) is 0 Å². The first-order chi connectivity index (χ1) is 18.9. The number of fused-ring (bicyclic) bond motifs is 3. The van der Waals surface area contributed by atoms with E-state index in [1.807, 2.05) is 44.2 Å². The predicted octanol–water partition coefficient (Wildman–Crippen LogP) is 3.32. The molecule has 0 bridgehead atoms. The minimum Gasteiger partial charge on any atom is -0.378 e. The second-order valence-electron chi connectivity index (χ2n) is 9.97. The first kappa shape index (κ1) is 24.5. The summed E-state index contributed by atoms with van der Waals surface area (Å²) in [6.45, 7) is 6.55. The largest absolute Gasteiger partial charge is 0.378 e. The number of pyridine rings is 3. The zero-order valence-corrected chi connectivity index (χ0v) is 21.5. The maximum atomic E-state index is 13.2. The standard InChI is InChI=1S/C29H25N7O3/c1-29(2,17-30)19-4-3-5-20(14-19)36-26-21(27(37)34-28(36)38)16-31-23-8-7-22(33-25(23)26)18-6-9-24(32-15-18)35-10-12-39-13-11-35/h3-9,14-16H,10-13H2,1-2H3,(H,34,37,38). The van der Waals surface area contributed by atoms with E-state index in [2.05, 4.69) is 25.9 Å². The molecule has 5 heterocycles. The van der Waals surface area contributed by atoms with Crippen LogP contribution >= 0.6 is 0 Å². The quantitative estimate of drug-likeness (QED) is 0.358. The Morgan fingerprint density at radius 3 is 2.59 bits per heavy atom. The average Bonchev–Trinajstić information content (AvgIpc) is 2.97. The highest BCUT2D eigenvalue weighted by atomic mass is 16.5. The molecule has 0 unspecified atom stereocenters. The fourth-order valence-corrected chi connectivity index (χ4v) is 4.79. The van der Waals surface area contributed by atoms with Crippen LogP contribution in [0.15, 0.2) is 70.5 Å². The maximum Gasteiger partial charge on any atom is 0.333 e. The lowest BCUT2D eigenvalue weighted by molar-refractivity contribution is 0.122. The van der Waals surface area contributed by atoms with Crippen LogP contribution < -0.4 is 16.1 Å². The van der Waals surface area contributed by atoms with Crippen molar-refractivity contribution in [3.63, 3.8) is 0 Å². The van der Waals surface area contributed by atoms with Crippen LogP contribution in [0.5, 0.6) is 0 Å². The van der Waals surface area contributed by atoms with Gasteiger partial charge >= 0.3 is 5.69 Å². The number of rotatable bonds is 4.